The maximum Gasteiger partial charge on any atom is 0.314 e. The molecule has 0 saturated carbocycles. The largest absolute Gasteiger partial charge is 0.460 e. The topological polar surface area (TPSA) is 136 Å². The molecule has 0 radical (unpaired) electrons. The van der Waals surface area contributed by atoms with Crippen LogP contribution in [0, 0.1) is 15.5 Å². The molecule has 34 heavy (non-hydrogen) atoms. The lowest BCUT2D eigenvalue weighted by molar-refractivity contribution is -0.384. The number of carbonyl (C=O) groups excluding carboxylic acids is 3. The van der Waals surface area contributed by atoms with Crippen LogP contribution in [0.4, 0.5) is 17.1 Å². The predicted molar refractivity (Wildman–Crippen MR) is 127 cm³/mol. The van der Waals surface area contributed by atoms with E-state index in [2.05, 4.69) is 0 Å². The Morgan fingerprint density at radius 1 is 1.24 bits per heavy atom. The molecule has 2 N–H and O–H groups in total. The van der Waals surface area contributed by atoms with E-state index in [-0.39, 0.29) is 36.0 Å². The Morgan fingerprint density at radius 2 is 1.88 bits per heavy atom. The molecule has 3 atom stereocenters. The van der Waals surface area contributed by atoms with E-state index in [4.69, 9.17) is 10.5 Å². The highest BCUT2D eigenvalue weighted by Crippen LogP contribution is 2.45. The molecule has 2 saturated heterocycles. The fraction of sp³-hybridized carbons (Fsp3) is 0.348. The van der Waals surface area contributed by atoms with Gasteiger partial charge in [0.05, 0.1) is 10.3 Å². The first-order chi connectivity index (χ1) is 16.1. The third-order valence-corrected chi connectivity index (χ3v) is 7.66. The van der Waals surface area contributed by atoms with Gasteiger partial charge in [-0.3, -0.25) is 29.4 Å². The average Bonchev–Trinajstić information content (AvgIpc) is 2.81. The number of anilines is 2. The molecule has 2 unspecified atom stereocenters. The highest BCUT2D eigenvalue weighted by Gasteiger charge is 2.58. The minimum atomic E-state index is -0.912. The summed E-state index contributed by atoms with van der Waals surface area (Å²) in [5.41, 5.74) is 6.57. The molecule has 10 nitrogen and oxygen atoms in total. The molecule has 0 bridgehead atoms. The molecule has 2 aliphatic heterocycles. The lowest BCUT2D eigenvalue weighted by Crippen LogP contribution is -2.74. The van der Waals surface area contributed by atoms with Crippen molar-refractivity contribution in [2.75, 3.05) is 22.9 Å². The summed E-state index contributed by atoms with van der Waals surface area (Å²) in [6.07, 6.45) is 0. The van der Waals surface area contributed by atoms with Crippen LogP contribution in [0.25, 0.3) is 0 Å². The van der Waals surface area contributed by atoms with E-state index in [1.54, 1.807) is 36.1 Å². The van der Waals surface area contributed by atoms with Crippen molar-refractivity contribution in [3.05, 3.63) is 64.2 Å². The molecule has 0 aliphatic carbocycles. The zero-order chi connectivity index (χ0) is 24.6. The fourth-order valence-electron chi connectivity index (χ4n) is 4.12. The summed E-state index contributed by atoms with van der Waals surface area (Å²) in [5, 5.41) is 10.5. The number of nitrogens with zero attached hydrogens (tertiary/aromatic N) is 3. The normalized spacial score (nSPS) is 23.5. The fourth-order valence-corrected chi connectivity index (χ4v) is 5.64. The average molecular weight is 485 g/mol. The first-order valence-electron chi connectivity index (χ1n) is 10.6. The summed E-state index contributed by atoms with van der Waals surface area (Å²) in [6, 6.07) is 11.9. The van der Waals surface area contributed by atoms with Crippen LogP contribution in [0.1, 0.15) is 19.4 Å². The highest BCUT2D eigenvalue weighted by atomic mass is 32.2. The van der Waals surface area contributed by atoms with Gasteiger partial charge in [0.15, 0.2) is 0 Å². The van der Waals surface area contributed by atoms with Crippen LogP contribution < -0.4 is 10.6 Å². The molecule has 178 valence electrons. The van der Waals surface area contributed by atoms with Crippen LogP contribution in [-0.4, -0.2) is 51.3 Å². The number of nitrogens with two attached hydrogens (primary N) is 1. The predicted octanol–water partition coefficient (Wildman–Crippen LogP) is 2.56. The Morgan fingerprint density at radius 3 is 2.47 bits per heavy atom. The Labute approximate surface area is 200 Å². The van der Waals surface area contributed by atoms with Crippen LogP contribution in [0.5, 0.6) is 0 Å². The monoisotopic (exact) mass is 484 g/mol. The van der Waals surface area contributed by atoms with Gasteiger partial charge in [-0.15, -0.1) is 11.8 Å². The smallest absolute Gasteiger partial charge is 0.314 e. The lowest BCUT2D eigenvalue weighted by atomic mass is 9.89. The lowest BCUT2D eigenvalue weighted by Gasteiger charge is -2.55. The first kappa shape index (κ1) is 23.6. The number of fused-ring (bicyclic) bond motifs is 1. The quantitative estimate of drug-likeness (QED) is 0.217. The minimum Gasteiger partial charge on any atom is -0.460 e. The molecule has 2 aliphatic rings. The van der Waals surface area contributed by atoms with Gasteiger partial charge in [0, 0.05) is 42.7 Å². The van der Waals surface area contributed by atoms with Gasteiger partial charge in [0.2, 0.25) is 11.8 Å². The molecule has 0 aromatic heterocycles. The number of esters is 1. The zero-order valence-electron chi connectivity index (χ0n) is 18.7. The van der Waals surface area contributed by atoms with Gasteiger partial charge in [-0.25, -0.2) is 0 Å². The number of amides is 2. The number of rotatable bonds is 6. The second kappa shape index (κ2) is 8.98. The van der Waals surface area contributed by atoms with E-state index in [0.717, 1.165) is 0 Å². The van der Waals surface area contributed by atoms with Gasteiger partial charge >= 0.3 is 5.97 Å². The van der Waals surface area contributed by atoms with Crippen molar-refractivity contribution in [2.45, 2.75) is 31.9 Å². The molecule has 4 rings (SSSR count). The number of non-ortho nitro benzene ring substituents is 1. The summed E-state index contributed by atoms with van der Waals surface area (Å²) in [4.78, 5) is 51.7. The number of nitro groups is 1. The maximum atomic E-state index is 13.0. The minimum absolute atomic E-state index is 0.0215. The van der Waals surface area contributed by atoms with Crippen molar-refractivity contribution in [1.82, 2.24) is 4.90 Å². The van der Waals surface area contributed by atoms with Gasteiger partial charge in [-0.1, -0.05) is 0 Å². The van der Waals surface area contributed by atoms with Crippen LogP contribution in [0.15, 0.2) is 48.5 Å². The number of carbonyl (C=O) groups is 3. The number of nitrogen functional groups attached to an aromatic ring is 1. The molecule has 2 aromatic rings. The van der Waals surface area contributed by atoms with Crippen LogP contribution in [0.2, 0.25) is 0 Å². The van der Waals surface area contributed by atoms with Crippen molar-refractivity contribution in [3.63, 3.8) is 0 Å². The molecule has 2 fully saturated rings. The molecule has 0 spiro atoms. The van der Waals surface area contributed by atoms with Gasteiger partial charge in [0.25, 0.3) is 5.69 Å². The first-order valence-corrected chi connectivity index (χ1v) is 11.6. The molecular weight excluding hydrogens is 460 g/mol. The van der Waals surface area contributed by atoms with E-state index < -0.39 is 22.3 Å². The maximum absolute atomic E-state index is 13.0. The van der Waals surface area contributed by atoms with Crippen LogP contribution in [0.3, 0.4) is 0 Å². The Bertz CT molecular complexity index is 1140. The SMILES string of the molecule is CC(=O)N(c1ccc(N)cc1)C1C(=O)N2CC(C)(C(=O)OCc3ccc([N+](=O)[O-])cc3)CS[C@H]12. The van der Waals surface area contributed by atoms with E-state index in [1.807, 2.05) is 0 Å². The Hall–Kier alpha value is -3.60. The zero-order valence-corrected chi connectivity index (χ0v) is 19.5. The van der Waals surface area contributed by atoms with E-state index >= 15 is 0 Å². The number of ether oxygens (including phenoxy) is 1. The van der Waals surface area contributed by atoms with Crippen LogP contribution in [-0.2, 0) is 25.7 Å². The van der Waals surface area contributed by atoms with Crippen molar-refractivity contribution < 1.29 is 24.0 Å². The number of hydrogen-bond acceptors (Lipinski definition) is 8. The van der Waals surface area contributed by atoms with E-state index in [1.165, 1.54) is 47.9 Å². The Kier molecular flexibility index (Phi) is 6.22. The van der Waals surface area contributed by atoms with E-state index in [9.17, 15) is 24.5 Å². The second-order valence-electron chi connectivity index (χ2n) is 8.65. The summed E-state index contributed by atoms with van der Waals surface area (Å²) in [7, 11) is 0. The number of β-lactam (4-membered cyclic amide) rings is 1. The molecule has 2 amide bonds. The van der Waals surface area contributed by atoms with Gasteiger partial charge in [0.1, 0.15) is 18.0 Å². The summed E-state index contributed by atoms with van der Waals surface area (Å²) < 4.78 is 5.47. The van der Waals surface area contributed by atoms with Crippen LogP contribution >= 0.6 is 11.8 Å². The number of hydrogen-bond donors (Lipinski definition) is 1. The number of thioether (sulfide) groups is 1. The van der Waals surface area contributed by atoms with Gasteiger partial charge in [-0.05, 0) is 48.9 Å². The highest BCUT2D eigenvalue weighted by molar-refractivity contribution is 8.00. The number of nitro benzene ring substituents is 1. The van der Waals surface area contributed by atoms with Gasteiger partial charge < -0.3 is 15.4 Å². The third kappa shape index (κ3) is 4.30. The second-order valence-corrected chi connectivity index (χ2v) is 9.76. The Balaban J connectivity index is 1.41. The summed E-state index contributed by atoms with van der Waals surface area (Å²) in [5.74, 6) is -0.502. The molecule has 2 aromatic carbocycles. The van der Waals surface area contributed by atoms with Crippen molar-refractivity contribution in [3.8, 4) is 0 Å². The van der Waals surface area contributed by atoms with E-state index in [0.29, 0.717) is 22.7 Å². The van der Waals surface area contributed by atoms with Gasteiger partial charge in [-0.2, -0.15) is 0 Å². The molecular formula is C23H24N4O6S. The third-order valence-electron chi connectivity index (χ3n) is 6.00. The summed E-state index contributed by atoms with van der Waals surface area (Å²) in [6.45, 7) is 3.33. The standard InChI is InChI=1S/C23H24N4O6S/c1-14(28)26(17-9-5-16(24)6-10-17)19-20(29)25-12-23(2,13-34-21(19)25)22(30)33-11-15-3-7-18(8-4-15)27(31)32/h3-10,19,21H,11-13,24H2,1-2H3/t19?,21-,23?/m1/s1. The number of benzene rings is 2. The molecule has 2 heterocycles. The van der Waals surface area contributed by atoms with Crippen molar-refractivity contribution in [2.24, 2.45) is 5.41 Å². The van der Waals surface area contributed by atoms with Crippen molar-refractivity contribution >= 4 is 46.6 Å². The summed E-state index contributed by atoms with van der Waals surface area (Å²) >= 11 is 1.44. The molecule has 11 heteroatoms. The van der Waals surface area contributed by atoms with Crippen molar-refractivity contribution in [1.29, 1.82) is 0 Å².